The summed E-state index contributed by atoms with van der Waals surface area (Å²) in [6.07, 6.45) is 0.516. The predicted octanol–water partition coefficient (Wildman–Crippen LogP) is 1.72. The Kier molecular flexibility index (Phi) is 5.04. The maximum absolute atomic E-state index is 12.3. The zero-order chi connectivity index (χ0) is 16.4. The monoisotopic (exact) mass is 299 g/mol. The molecule has 0 aromatic rings. The second-order valence-corrected chi connectivity index (χ2v) is 6.57. The van der Waals surface area contributed by atoms with Gasteiger partial charge in [0.05, 0.1) is 19.8 Å². The largest absolute Gasteiger partial charge is 0.467 e. The van der Waals surface area contributed by atoms with E-state index in [2.05, 4.69) is 6.58 Å². The van der Waals surface area contributed by atoms with E-state index < -0.39 is 35.2 Å². The molecular formula is C15H25NO5. The quantitative estimate of drug-likeness (QED) is 0.634. The summed E-state index contributed by atoms with van der Waals surface area (Å²) in [6.45, 7) is 10.7. The van der Waals surface area contributed by atoms with Gasteiger partial charge in [0.25, 0.3) is 0 Å². The summed E-state index contributed by atoms with van der Waals surface area (Å²) in [6, 6.07) is -0.898. The molecule has 1 rings (SSSR count). The van der Waals surface area contributed by atoms with Crippen LogP contribution in [0.2, 0.25) is 0 Å². The number of hydrogen-bond acceptors (Lipinski definition) is 5. The van der Waals surface area contributed by atoms with Gasteiger partial charge < -0.3 is 14.6 Å². The number of aliphatic hydroxyl groups excluding tert-OH is 1. The highest BCUT2D eigenvalue weighted by Gasteiger charge is 2.56. The minimum Gasteiger partial charge on any atom is -0.467 e. The Balaban J connectivity index is 3.11. The van der Waals surface area contributed by atoms with E-state index in [4.69, 9.17) is 9.47 Å². The van der Waals surface area contributed by atoms with Crippen LogP contribution in [0.3, 0.4) is 0 Å². The number of ether oxygens (including phenoxy) is 2. The number of nitrogens with zero attached hydrogens (tertiary/aromatic N) is 1. The summed E-state index contributed by atoms with van der Waals surface area (Å²) in [5.41, 5.74) is -1.52. The molecule has 0 radical (unpaired) electrons. The molecular weight excluding hydrogens is 274 g/mol. The van der Waals surface area contributed by atoms with Gasteiger partial charge in [-0.25, -0.2) is 9.59 Å². The summed E-state index contributed by atoms with van der Waals surface area (Å²) >= 11 is 0. The highest BCUT2D eigenvalue weighted by Crippen LogP contribution is 2.41. The van der Waals surface area contributed by atoms with Crippen LogP contribution in [0.25, 0.3) is 0 Å². The minimum atomic E-state index is -0.898. The van der Waals surface area contributed by atoms with Crippen molar-refractivity contribution in [2.45, 2.75) is 51.9 Å². The van der Waals surface area contributed by atoms with Gasteiger partial charge >= 0.3 is 12.1 Å². The molecule has 1 fully saturated rings. The Bertz CT molecular complexity index is 428. The fourth-order valence-corrected chi connectivity index (χ4v) is 2.61. The van der Waals surface area contributed by atoms with E-state index in [1.54, 1.807) is 33.8 Å². The topological polar surface area (TPSA) is 76.1 Å². The Morgan fingerprint density at radius 2 is 2.05 bits per heavy atom. The number of aliphatic hydroxyl groups is 1. The fourth-order valence-electron chi connectivity index (χ4n) is 2.61. The lowest BCUT2D eigenvalue weighted by Gasteiger charge is -2.34. The van der Waals surface area contributed by atoms with Gasteiger partial charge in [0.15, 0.2) is 0 Å². The molecule has 0 aliphatic carbocycles. The first-order chi connectivity index (χ1) is 9.56. The van der Waals surface area contributed by atoms with Crippen LogP contribution >= 0.6 is 0 Å². The Labute approximate surface area is 125 Å². The van der Waals surface area contributed by atoms with Gasteiger partial charge in [0.2, 0.25) is 0 Å². The standard InChI is InChI=1S/C15H25NO5/c1-7-8-15(5)10(17)9-16(11(15)12(18)20-6)13(19)21-14(2,3)4/h7,10-11,17H,1,8-9H2,2-6H3. The van der Waals surface area contributed by atoms with E-state index in [0.717, 1.165) is 0 Å². The number of esters is 1. The van der Waals surface area contributed by atoms with Crippen LogP contribution < -0.4 is 0 Å². The summed E-state index contributed by atoms with van der Waals surface area (Å²) in [7, 11) is 1.26. The van der Waals surface area contributed by atoms with E-state index in [-0.39, 0.29) is 6.54 Å². The first-order valence-corrected chi connectivity index (χ1v) is 6.93. The average molecular weight is 299 g/mol. The number of carbonyl (C=O) groups excluding carboxylic acids is 2. The molecule has 0 aromatic heterocycles. The second-order valence-electron chi connectivity index (χ2n) is 6.57. The average Bonchev–Trinajstić information content (AvgIpc) is 2.60. The Morgan fingerprint density at radius 3 is 2.48 bits per heavy atom. The number of methoxy groups -OCH3 is 1. The Morgan fingerprint density at radius 1 is 1.48 bits per heavy atom. The number of amides is 1. The van der Waals surface area contributed by atoms with Crippen molar-refractivity contribution in [2.75, 3.05) is 13.7 Å². The fraction of sp³-hybridized carbons (Fsp3) is 0.733. The van der Waals surface area contributed by atoms with Gasteiger partial charge in [0.1, 0.15) is 11.6 Å². The van der Waals surface area contributed by atoms with E-state index in [0.29, 0.717) is 6.42 Å². The molecule has 21 heavy (non-hydrogen) atoms. The van der Waals surface area contributed by atoms with Crippen molar-refractivity contribution in [2.24, 2.45) is 5.41 Å². The van der Waals surface area contributed by atoms with Crippen LogP contribution in [0.1, 0.15) is 34.1 Å². The van der Waals surface area contributed by atoms with Crippen molar-refractivity contribution >= 4 is 12.1 Å². The smallest absolute Gasteiger partial charge is 0.411 e. The van der Waals surface area contributed by atoms with Gasteiger partial charge in [-0.2, -0.15) is 0 Å². The summed E-state index contributed by atoms with van der Waals surface area (Å²) < 4.78 is 10.1. The number of likely N-dealkylation sites (tertiary alicyclic amines) is 1. The molecule has 0 spiro atoms. The lowest BCUT2D eigenvalue weighted by atomic mass is 9.77. The molecule has 6 heteroatoms. The summed E-state index contributed by atoms with van der Waals surface area (Å²) in [5.74, 6) is -0.568. The van der Waals surface area contributed by atoms with Crippen LogP contribution in [-0.4, -0.2) is 53.5 Å². The van der Waals surface area contributed by atoms with Gasteiger partial charge in [-0.15, -0.1) is 6.58 Å². The normalized spacial score (nSPS) is 29.1. The SMILES string of the molecule is C=CCC1(C)C(O)CN(C(=O)OC(C)(C)C)C1C(=O)OC. The van der Waals surface area contributed by atoms with Crippen LogP contribution in [-0.2, 0) is 14.3 Å². The highest BCUT2D eigenvalue weighted by atomic mass is 16.6. The molecule has 1 saturated heterocycles. The number of carbonyl (C=O) groups is 2. The number of hydrogen-bond donors (Lipinski definition) is 1. The first kappa shape index (κ1) is 17.5. The van der Waals surface area contributed by atoms with E-state index in [9.17, 15) is 14.7 Å². The highest BCUT2D eigenvalue weighted by molar-refractivity contribution is 5.83. The van der Waals surface area contributed by atoms with Gasteiger partial charge in [-0.1, -0.05) is 13.0 Å². The van der Waals surface area contributed by atoms with Crippen LogP contribution in [0, 0.1) is 5.41 Å². The molecule has 1 heterocycles. The zero-order valence-electron chi connectivity index (χ0n) is 13.4. The third-order valence-electron chi connectivity index (χ3n) is 3.70. The van der Waals surface area contributed by atoms with Crippen molar-refractivity contribution in [1.82, 2.24) is 4.90 Å². The molecule has 0 aromatic carbocycles. The summed E-state index contributed by atoms with van der Waals surface area (Å²) in [5, 5.41) is 10.3. The van der Waals surface area contributed by atoms with Crippen molar-refractivity contribution < 1.29 is 24.2 Å². The number of allylic oxidation sites excluding steroid dienone is 1. The molecule has 3 atom stereocenters. The lowest BCUT2D eigenvalue weighted by molar-refractivity contribution is -0.149. The molecule has 3 unspecified atom stereocenters. The molecule has 0 bridgehead atoms. The van der Waals surface area contributed by atoms with Crippen molar-refractivity contribution in [3.05, 3.63) is 12.7 Å². The maximum Gasteiger partial charge on any atom is 0.411 e. The van der Waals surface area contributed by atoms with Gasteiger partial charge in [0, 0.05) is 5.41 Å². The summed E-state index contributed by atoms with van der Waals surface area (Å²) in [4.78, 5) is 25.6. The van der Waals surface area contributed by atoms with Gasteiger partial charge in [-0.3, -0.25) is 4.90 Å². The first-order valence-electron chi connectivity index (χ1n) is 6.93. The molecule has 1 amide bonds. The van der Waals surface area contributed by atoms with Crippen LogP contribution in [0.5, 0.6) is 0 Å². The molecule has 120 valence electrons. The van der Waals surface area contributed by atoms with Crippen LogP contribution in [0.15, 0.2) is 12.7 Å². The lowest BCUT2D eigenvalue weighted by Crippen LogP contribution is -2.49. The number of β-amino-alcohol motifs (C(OH)–C–C–N with tert-alkyl or cyclic N) is 1. The van der Waals surface area contributed by atoms with Crippen molar-refractivity contribution in [3.8, 4) is 0 Å². The van der Waals surface area contributed by atoms with E-state index >= 15 is 0 Å². The predicted molar refractivity (Wildman–Crippen MR) is 77.7 cm³/mol. The third kappa shape index (κ3) is 3.56. The van der Waals surface area contributed by atoms with Crippen molar-refractivity contribution in [1.29, 1.82) is 0 Å². The Hall–Kier alpha value is -1.56. The molecule has 1 N–H and O–H groups in total. The second kappa shape index (κ2) is 6.05. The molecule has 1 aliphatic heterocycles. The molecule has 6 nitrogen and oxygen atoms in total. The molecule has 0 saturated carbocycles. The minimum absolute atomic E-state index is 0.0268. The maximum atomic E-state index is 12.3. The molecule has 1 aliphatic rings. The van der Waals surface area contributed by atoms with E-state index in [1.807, 2.05) is 0 Å². The zero-order valence-corrected chi connectivity index (χ0v) is 13.4. The van der Waals surface area contributed by atoms with E-state index in [1.165, 1.54) is 12.0 Å². The van der Waals surface area contributed by atoms with Crippen molar-refractivity contribution in [3.63, 3.8) is 0 Å². The third-order valence-corrected chi connectivity index (χ3v) is 3.70. The van der Waals surface area contributed by atoms with Gasteiger partial charge in [-0.05, 0) is 27.2 Å². The van der Waals surface area contributed by atoms with Crippen LogP contribution in [0.4, 0.5) is 4.79 Å². The number of rotatable bonds is 3.